The van der Waals surface area contributed by atoms with E-state index in [4.69, 9.17) is 5.73 Å². The van der Waals surface area contributed by atoms with Crippen molar-refractivity contribution >= 4 is 16.9 Å². The van der Waals surface area contributed by atoms with Gasteiger partial charge in [0.2, 0.25) is 0 Å². The molecule has 4 N–H and O–H groups in total. The van der Waals surface area contributed by atoms with Crippen molar-refractivity contribution in [3.63, 3.8) is 0 Å². The van der Waals surface area contributed by atoms with Crippen molar-refractivity contribution in [2.24, 2.45) is 5.73 Å². The Labute approximate surface area is 111 Å². The number of amides is 1. The molecule has 19 heavy (non-hydrogen) atoms. The van der Waals surface area contributed by atoms with Gasteiger partial charge in [0.1, 0.15) is 11.9 Å². The molecule has 6 heteroatoms. The number of nitrogens with zero attached hydrogens (tertiary/aromatic N) is 2. The number of H-pyrrole nitrogens is 1. The lowest BCUT2D eigenvalue weighted by Crippen LogP contribution is -2.40. The second kappa shape index (κ2) is 5.38. The molecule has 1 aromatic heterocycles. The fourth-order valence-electron chi connectivity index (χ4n) is 1.99. The normalized spacial score (nSPS) is 12.6. The van der Waals surface area contributed by atoms with Gasteiger partial charge in [-0.3, -0.25) is 4.79 Å². The number of rotatable bonds is 4. The highest BCUT2D eigenvalue weighted by molar-refractivity contribution is 5.81. The van der Waals surface area contributed by atoms with Crippen molar-refractivity contribution in [1.82, 2.24) is 14.9 Å². The molecule has 0 bridgehead atoms. The number of fused-ring (bicyclic) bond motifs is 1. The van der Waals surface area contributed by atoms with Crippen LogP contribution in [-0.4, -0.2) is 45.6 Å². The lowest BCUT2D eigenvalue weighted by Gasteiger charge is -2.19. The van der Waals surface area contributed by atoms with E-state index in [-0.39, 0.29) is 12.5 Å². The van der Waals surface area contributed by atoms with Crippen molar-refractivity contribution in [2.45, 2.75) is 19.6 Å². The number of nitrogens with two attached hydrogens (primary N) is 1. The molecule has 2 rings (SSSR count). The van der Waals surface area contributed by atoms with Crippen molar-refractivity contribution in [2.75, 3.05) is 13.6 Å². The van der Waals surface area contributed by atoms with E-state index < -0.39 is 6.10 Å². The number of likely N-dealkylation sites (N-methyl/N-ethyl adjacent to an activating group) is 1. The number of aromatic amines is 1. The van der Waals surface area contributed by atoms with E-state index in [0.717, 1.165) is 22.4 Å². The Kier molecular flexibility index (Phi) is 3.82. The molecule has 0 aliphatic heterocycles. The predicted molar refractivity (Wildman–Crippen MR) is 72.4 cm³/mol. The highest BCUT2D eigenvalue weighted by atomic mass is 16.3. The van der Waals surface area contributed by atoms with Gasteiger partial charge in [0.05, 0.1) is 11.0 Å². The molecule has 1 amide bonds. The molecule has 0 aliphatic carbocycles. The Morgan fingerprint density at radius 2 is 2.32 bits per heavy atom. The summed E-state index contributed by atoms with van der Waals surface area (Å²) < 4.78 is 0. The van der Waals surface area contributed by atoms with Crippen LogP contribution in [0.1, 0.15) is 11.4 Å². The number of aromatic nitrogens is 2. The maximum absolute atomic E-state index is 11.7. The van der Waals surface area contributed by atoms with E-state index in [2.05, 4.69) is 9.97 Å². The summed E-state index contributed by atoms with van der Waals surface area (Å²) in [4.78, 5) is 20.7. The molecule has 1 unspecified atom stereocenters. The standard InChI is InChI=1S/C13H18N4O2/c1-8-15-10-4-3-9(5-11(10)16-8)7-17(2)13(19)12(18)6-14/h3-5,12,18H,6-7,14H2,1-2H3,(H,15,16). The second-order valence-electron chi connectivity index (χ2n) is 4.62. The summed E-state index contributed by atoms with van der Waals surface area (Å²) in [6.45, 7) is 2.25. The number of hydrogen-bond donors (Lipinski definition) is 3. The molecule has 0 saturated heterocycles. The van der Waals surface area contributed by atoms with Crippen LogP contribution in [0.25, 0.3) is 11.0 Å². The molecule has 0 radical (unpaired) electrons. The molecule has 0 fully saturated rings. The Bertz CT molecular complexity index is 593. The quantitative estimate of drug-likeness (QED) is 0.731. The van der Waals surface area contributed by atoms with Gasteiger partial charge in [0.25, 0.3) is 5.91 Å². The van der Waals surface area contributed by atoms with E-state index in [1.807, 2.05) is 25.1 Å². The molecule has 0 spiro atoms. The summed E-state index contributed by atoms with van der Waals surface area (Å²) in [5, 5.41) is 9.42. The van der Waals surface area contributed by atoms with Gasteiger partial charge in [0, 0.05) is 20.1 Å². The second-order valence-corrected chi connectivity index (χ2v) is 4.62. The van der Waals surface area contributed by atoms with E-state index in [1.54, 1.807) is 7.05 Å². The Balaban J connectivity index is 2.14. The molecule has 2 aromatic rings. The third-order valence-corrected chi connectivity index (χ3v) is 2.97. The molecule has 0 aliphatic rings. The summed E-state index contributed by atoms with van der Waals surface area (Å²) in [5.74, 6) is 0.485. The number of aryl methyl sites for hydroxylation is 1. The van der Waals surface area contributed by atoms with Gasteiger partial charge in [-0.15, -0.1) is 0 Å². The van der Waals surface area contributed by atoms with Crippen molar-refractivity contribution in [3.05, 3.63) is 29.6 Å². The average molecular weight is 262 g/mol. The highest BCUT2D eigenvalue weighted by Crippen LogP contribution is 2.14. The van der Waals surface area contributed by atoms with Crippen molar-refractivity contribution < 1.29 is 9.90 Å². The number of aliphatic hydroxyl groups excluding tert-OH is 1. The van der Waals surface area contributed by atoms with Crippen LogP contribution in [-0.2, 0) is 11.3 Å². The first-order chi connectivity index (χ1) is 9.01. The number of carbonyl (C=O) groups excluding carboxylic acids is 1. The molecule has 1 heterocycles. The number of carbonyl (C=O) groups is 1. The molecule has 0 saturated carbocycles. The van der Waals surface area contributed by atoms with Gasteiger partial charge in [-0.2, -0.15) is 0 Å². The summed E-state index contributed by atoms with van der Waals surface area (Å²) in [7, 11) is 1.64. The maximum atomic E-state index is 11.7. The SMILES string of the molecule is Cc1nc2ccc(CN(C)C(=O)C(O)CN)cc2[nH]1. The molecule has 1 aromatic carbocycles. The van der Waals surface area contributed by atoms with E-state index >= 15 is 0 Å². The first kappa shape index (κ1) is 13.5. The minimum atomic E-state index is -1.14. The van der Waals surface area contributed by atoms with Gasteiger partial charge < -0.3 is 20.7 Å². The van der Waals surface area contributed by atoms with E-state index in [0.29, 0.717) is 6.54 Å². The van der Waals surface area contributed by atoms with E-state index in [1.165, 1.54) is 4.90 Å². The zero-order valence-electron chi connectivity index (χ0n) is 11.1. The predicted octanol–water partition coefficient (Wildman–Crippen LogP) is 0.149. The van der Waals surface area contributed by atoms with Gasteiger partial charge in [0.15, 0.2) is 0 Å². The van der Waals surface area contributed by atoms with Crippen LogP contribution in [0.3, 0.4) is 0 Å². The summed E-state index contributed by atoms with van der Waals surface area (Å²) >= 11 is 0. The Hall–Kier alpha value is -1.92. The first-order valence-corrected chi connectivity index (χ1v) is 6.09. The van der Waals surface area contributed by atoms with Crippen molar-refractivity contribution in [1.29, 1.82) is 0 Å². The van der Waals surface area contributed by atoms with Crippen LogP contribution in [0.5, 0.6) is 0 Å². The lowest BCUT2D eigenvalue weighted by molar-refractivity contribution is -0.138. The highest BCUT2D eigenvalue weighted by Gasteiger charge is 2.17. The smallest absolute Gasteiger partial charge is 0.252 e. The maximum Gasteiger partial charge on any atom is 0.252 e. The third kappa shape index (κ3) is 2.91. The van der Waals surface area contributed by atoms with Crippen LogP contribution in [0, 0.1) is 6.92 Å². The van der Waals surface area contributed by atoms with Crippen LogP contribution in [0.4, 0.5) is 0 Å². The number of aliphatic hydroxyl groups is 1. The largest absolute Gasteiger partial charge is 0.382 e. The fourth-order valence-corrected chi connectivity index (χ4v) is 1.99. The fraction of sp³-hybridized carbons (Fsp3) is 0.385. The number of benzene rings is 1. The topological polar surface area (TPSA) is 95.2 Å². The van der Waals surface area contributed by atoms with Gasteiger partial charge >= 0.3 is 0 Å². The summed E-state index contributed by atoms with van der Waals surface area (Å²) in [5.41, 5.74) is 8.08. The zero-order valence-corrected chi connectivity index (χ0v) is 11.1. The number of nitrogens with one attached hydrogen (secondary N) is 1. The first-order valence-electron chi connectivity index (χ1n) is 6.09. The minimum absolute atomic E-state index is 0.0675. The molecule has 6 nitrogen and oxygen atoms in total. The van der Waals surface area contributed by atoms with Gasteiger partial charge in [-0.05, 0) is 24.6 Å². The van der Waals surface area contributed by atoms with Crippen LogP contribution < -0.4 is 5.73 Å². The zero-order chi connectivity index (χ0) is 14.0. The minimum Gasteiger partial charge on any atom is -0.382 e. The number of imidazole rings is 1. The number of hydrogen-bond acceptors (Lipinski definition) is 4. The van der Waals surface area contributed by atoms with Crippen LogP contribution in [0.15, 0.2) is 18.2 Å². The van der Waals surface area contributed by atoms with Gasteiger partial charge in [-0.25, -0.2) is 4.98 Å². The molecular weight excluding hydrogens is 244 g/mol. The third-order valence-electron chi connectivity index (χ3n) is 2.97. The van der Waals surface area contributed by atoms with Crippen LogP contribution >= 0.6 is 0 Å². The molecule has 1 atom stereocenters. The van der Waals surface area contributed by atoms with Gasteiger partial charge in [-0.1, -0.05) is 6.07 Å². The van der Waals surface area contributed by atoms with Crippen LogP contribution in [0.2, 0.25) is 0 Å². The summed E-state index contributed by atoms with van der Waals surface area (Å²) in [6.07, 6.45) is -1.14. The monoisotopic (exact) mass is 262 g/mol. The Morgan fingerprint density at radius 1 is 1.58 bits per heavy atom. The molecule has 102 valence electrons. The lowest BCUT2D eigenvalue weighted by atomic mass is 10.2. The van der Waals surface area contributed by atoms with Crippen molar-refractivity contribution in [3.8, 4) is 0 Å². The molecular formula is C13H18N4O2. The average Bonchev–Trinajstić information content (AvgIpc) is 2.76. The Morgan fingerprint density at radius 3 is 3.00 bits per heavy atom. The summed E-state index contributed by atoms with van der Waals surface area (Å²) in [6, 6.07) is 5.78. The van der Waals surface area contributed by atoms with E-state index in [9.17, 15) is 9.90 Å².